The summed E-state index contributed by atoms with van der Waals surface area (Å²) >= 11 is 0. The van der Waals surface area contributed by atoms with Crippen molar-refractivity contribution in [2.45, 2.75) is 36.5 Å². The molecule has 2 amide bonds. The van der Waals surface area contributed by atoms with E-state index in [0.717, 1.165) is 11.1 Å². The highest BCUT2D eigenvalue weighted by atomic mass is 32.2. The summed E-state index contributed by atoms with van der Waals surface area (Å²) < 4.78 is 87.4. The molecule has 6 aromatic rings. The van der Waals surface area contributed by atoms with Crippen molar-refractivity contribution in [2.75, 3.05) is 37.5 Å². The Kier molecular flexibility index (Phi) is 16.8. The molecule has 354 valence electrons. The van der Waals surface area contributed by atoms with Crippen molar-refractivity contribution in [3.63, 3.8) is 0 Å². The van der Waals surface area contributed by atoms with E-state index in [0.29, 0.717) is 58.6 Å². The van der Waals surface area contributed by atoms with Gasteiger partial charge in [-0.1, -0.05) is 84.9 Å². The molecule has 0 aromatic heterocycles. The number of ether oxygens (including phenoxy) is 4. The Morgan fingerprint density at radius 3 is 1.07 bits per heavy atom. The van der Waals surface area contributed by atoms with Crippen LogP contribution in [0.5, 0.6) is 23.0 Å². The molecule has 0 spiro atoms. The van der Waals surface area contributed by atoms with E-state index in [-0.39, 0.29) is 34.8 Å². The van der Waals surface area contributed by atoms with Crippen molar-refractivity contribution >= 4 is 54.8 Å². The van der Waals surface area contributed by atoms with Crippen LogP contribution in [-0.4, -0.2) is 76.6 Å². The first-order valence-corrected chi connectivity index (χ1v) is 24.0. The number of amides is 2. The molecule has 0 radical (unpaired) electrons. The van der Waals surface area contributed by atoms with E-state index in [1.54, 1.807) is 38.1 Å². The third-order valence-corrected chi connectivity index (χ3v) is 12.3. The molecule has 6 aromatic carbocycles. The molecule has 2 aliphatic heterocycles. The zero-order chi connectivity index (χ0) is 48.8. The Bertz CT molecular complexity index is 2700. The van der Waals surface area contributed by atoms with Gasteiger partial charge in [0.1, 0.15) is 13.2 Å². The third kappa shape index (κ3) is 13.2. The van der Waals surface area contributed by atoms with Crippen LogP contribution in [0.1, 0.15) is 25.0 Å². The van der Waals surface area contributed by atoms with Crippen LogP contribution < -0.4 is 29.0 Å². The van der Waals surface area contributed by atoms with Crippen molar-refractivity contribution in [3.8, 4) is 23.0 Å². The minimum Gasteiger partial charge on any atom is -0.493 e. The van der Waals surface area contributed by atoms with Gasteiger partial charge in [-0.05, 0) is 111 Å². The first-order valence-electron chi connectivity index (χ1n) is 21.1. The van der Waals surface area contributed by atoms with Crippen LogP contribution in [0.4, 0.5) is 11.4 Å². The number of hydrogen-bond donors (Lipinski definition) is 2. The topological polar surface area (TPSA) is 211 Å². The SMILES string of the molecule is COc1ccc(CC2C(=O)N(c3ccc(S(=O)(=O)O)cc3)N=C2C)cc1OCCOc1cc(CC2C(=O)N(c3ccc(S(=O)(=O)O)cc3)N=C2C)ccc1OC.c1ccccc1.c1ccccc1. The van der Waals surface area contributed by atoms with Gasteiger partial charge >= 0.3 is 0 Å². The minimum atomic E-state index is -4.38. The Morgan fingerprint density at radius 2 is 0.794 bits per heavy atom. The summed E-state index contributed by atoms with van der Waals surface area (Å²) in [6.07, 6.45) is 0.612. The quantitative estimate of drug-likeness (QED) is 0.0737. The lowest BCUT2D eigenvalue weighted by Crippen LogP contribution is -2.28. The monoisotopic (exact) mass is 962 g/mol. The summed E-state index contributed by atoms with van der Waals surface area (Å²) in [6.45, 7) is 3.70. The molecule has 16 nitrogen and oxygen atoms in total. The van der Waals surface area contributed by atoms with E-state index < -0.39 is 32.1 Å². The number of rotatable bonds is 15. The summed E-state index contributed by atoms with van der Waals surface area (Å²) in [5.74, 6) is 0.0376. The predicted molar refractivity (Wildman–Crippen MR) is 258 cm³/mol. The summed E-state index contributed by atoms with van der Waals surface area (Å²) in [6, 6.07) is 45.1. The fraction of sp³-hybridized carbons (Fsp3) is 0.200. The first kappa shape index (κ1) is 50.0. The molecule has 0 saturated carbocycles. The summed E-state index contributed by atoms with van der Waals surface area (Å²) in [4.78, 5) is 26.2. The summed E-state index contributed by atoms with van der Waals surface area (Å²) in [5.41, 5.74) is 3.42. The van der Waals surface area contributed by atoms with E-state index in [1.807, 2.05) is 84.9 Å². The zero-order valence-corrected chi connectivity index (χ0v) is 39.2. The second-order valence-electron chi connectivity index (χ2n) is 15.2. The number of carbonyl (C=O) groups excluding carboxylic acids is 2. The smallest absolute Gasteiger partial charge is 0.294 e. The first-order chi connectivity index (χ1) is 32.6. The minimum absolute atomic E-state index is 0.113. The van der Waals surface area contributed by atoms with Crippen LogP contribution in [0.15, 0.2) is 178 Å². The molecule has 18 heteroatoms. The zero-order valence-electron chi connectivity index (χ0n) is 37.6. The molecular weight excluding hydrogens is 913 g/mol. The van der Waals surface area contributed by atoms with Crippen LogP contribution >= 0.6 is 0 Å². The molecule has 2 heterocycles. The third-order valence-electron chi connectivity index (χ3n) is 10.6. The van der Waals surface area contributed by atoms with Crippen LogP contribution in [0.25, 0.3) is 0 Å². The van der Waals surface area contributed by atoms with Crippen molar-refractivity contribution in [1.82, 2.24) is 0 Å². The van der Waals surface area contributed by atoms with Gasteiger partial charge in [0, 0.05) is 11.4 Å². The second-order valence-corrected chi connectivity index (χ2v) is 18.1. The molecule has 0 aliphatic carbocycles. The van der Waals surface area contributed by atoms with Crippen LogP contribution in [0, 0.1) is 11.8 Å². The largest absolute Gasteiger partial charge is 0.493 e. The molecule has 0 bridgehead atoms. The van der Waals surface area contributed by atoms with E-state index in [2.05, 4.69) is 10.2 Å². The number of hydrogen-bond acceptors (Lipinski definition) is 12. The number of carbonyl (C=O) groups is 2. The molecule has 2 unspecified atom stereocenters. The Morgan fingerprint density at radius 1 is 0.485 bits per heavy atom. The van der Waals surface area contributed by atoms with Crippen molar-refractivity contribution < 1.29 is 54.5 Å². The van der Waals surface area contributed by atoms with Gasteiger partial charge in [0.25, 0.3) is 32.1 Å². The van der Waals surface area contributed by atoms with Crippen LogP contribution in [0.3, 0.4) is 0 Å². The summed E-state index contributed by atoms with van der Waals surface area (Å²) in [5, 5.41) is 11.2. The number of nitrogens with zero attached hydrogens (tertiary/aromatic N) is 4. The lowest BCUT2D eigenvalue weighted by atomic mass is 9.95. The summed E-state index contributed by atoms with van der Waals surface area (Å²) in [7, 11) is -5.74. The number of hydrazone groups is 2. The highest BCUT2D eigenvalue weighted by Gasteiger charge is 2.36. The molecule has 0 saturated heterocycles. The van der Waals surface area contributed by atoms with Gasteiger partial charge < -0.3 is 18.9 Å². The highest BCUT2D eigenvalue weighted by molar-refractivity contribution is 7.86. The van der Waals surface area contributed by atoms with E-state index in [1.165, 1.54) is 72.8 Å². The average Bonchev–Trinajstić information content (AvgIpc) is 3.79. The fourth-order valence-electron chi connectivity index (χ4n) is 7.03. The number of benzene rings is 6. The fourth-order valence-corrected chi connectivity index (χ4v) is 7.99. The van der Waals surface area contributed by atoms with E-state index in [9.17, 15) is 35.5 Å². The number of methoxy groups -OCH3 is 2. The van der Waals surface area contributed by atoms with Gasteiger partial charge in [0.2, 0.25) is 0 Å². The Balaban J connectivity index is 0.000000550. The molecule has 0 fully saturated rings. The predicted octanol–water partition coefficient (Wildman–Crippen LogP) is 8.19. The second kappa shape index (κ2) is 22.9. The molecule has 2 atom stereocenters. The van der Waals surface area contributed by atoms with Gasteiger partial charge in [0.15, 0.2) is 23.0 Å². The highest BCUT2D eigenvalue weighted by Crippen LogP contribution is 2.34. The van der Waals surface area contributed by atoms with Gasteiger partial charge in [-0.15, -0.1) is 0 Å². The lowest BCUT2D eigenvalue weighted by Gasteiger charge is -2.17. The van der Waals surface area contributed by atoms with E-state index >= 15 is 0 Å². The van der Waals surface area contributed by atoms with Gasteiger partial charge in [-0.3, -0.25) is 18.7 Å². The van der Waals surface area contributed by atoms with Crippen LogP contribution in [-0.2, 0) is 42.7 Å². The Hall–Kier alpha value is -7.38. The number of anilines is 2. The maximum Gasteiger partial charge on any atom is 0.294 e. The molecular formula is C50H50N4O12S2. The van der Waals surface area contributed by atoms with Crippen molar-refractivity contribution in [2.24, 2.45) is 22.0 Å². The van der Waals surface area contributed by atoms with Gasteiger partial charge in [-0.25, -0.2) is 10.0 Å². The molecule has 8 rings (SSSR count). The van der Waals surface area contributed by atoms with E-state index in [4.69, 9.17) is 18.9 Å². The van der Waals surface area contributed by atoms with Crippen molar-refractivity contribution in [1.29, 1.82) is 0 Å². The maximum absolute atomic E-state index is 13.4. The average molecular weight is 963 g/mol. The van der Waals surface area contributed by atoms with Crippen molar-refractivity contribution in [3.05, 3.63) is 169 Å². The van der Waals surface area contributed by atoms with Gasteiger partial charge in [-0.2, -0.15) is 27.0 Å². The lowest BCUT2D eigenvalue weighted by molar-refractivity contribution is -0.120. The molecule has 2 N–H and O–H groups in total. The van der Waals surface area contributed by atoms with Crippen LogP contribution in [0.2, 0.25) is 0 Å². The Labute approximate surface area is 395 Å². The molecule has 2 aliphatic rings. The normalized spacial score (nSPS) is 15.6. The standard InChI is InChI=1S/C38H38N4O12S2.2C6H6/c1-23-31(37(43)41(39-23)27-7-11-29(12-8-27)55(45,46)47)19-25-5-15-33(51-3)35(21-25)53-17-18-54-36-22-26(6-16-34(36)52-4)20-32-24(2)40-42(38(32)44)28-9-13-30(14-10-28)56(48,49)50;2*1-2-4-6-5-3-1/h5-16,21-22,31-32H,17-20H2,1-4H3,(H,45,46,47)(H,48,49,50);2*1-6H. The maximum atomic E-state index is 13.4. The van der Waals surface area contributed by atoms with Gasteiger partial charge in [0.05, 0.1) is 47.2 Å². The molecule has 68 heavy (non-hydrogen) atoms.